The highest BCUT2D eigenvalue weighted by atomic mass is 79.9. The third kappa shape index (κ3) is 2.90. The lowest BCUT2D eigenvalue weighted by Crippen LogP contribution is -1.92. The molecule has 0 aliphatic carbocycles. The first-order chi connectivity index (χ1) is 10.1. The van der Waals surface area contributed by atoms with E-state index in [1.54, 1.807) is 12.1 Å². The summed E-state index contributed by atoms with van der Waals surface area (Å²) in [6.07, 6.45) is 0.542. The highest BCUT2D eigenvalue weighted by Gasteiger charge is 2.14. The Kier molecular flexibility index (Phi) is 3.62. The maximum absolute atomic E-state index is 9.87. The van der Waals surface area contributed by atoms with Crippen molar-refractivity contribution in [3.8, 4) is 17.2 Å². The number of nitrogen functional groups attached to an aromatic ring is 1. The van der Waals surface area contributed by atoms with Crippen LogP contribution in [0.1, 0.15) is 11.4 Å². The number of anilines is 1. The fraction of sp³-hybridized carbons (Fsp3) is 0.0667. The van der Waals surface area contributed by atoms with Crippen molar-refractivity contribution in [1.82, 2.24) is 10.1 Å². The van der Waals surface area contributed by atoms with E-state index in [1.807, 2.05) is 24.3 Å². The lowest BCUT2D eigenvalue weighted by atomic mass is 10.1. The average Bonchev–Trinajstić information content (AvgIpc) is 2.90. The molecule has 0 spiro atoms. The maximum Gasteiger partial charge on any atom is 0.261 e. The molecule has 0 amide bonds. The fourth-order valence-corrected chi connectivity index (χ4v) is 2.40. The third-order valence-electron chi connectivity index (χ3n) is 3.03. The van der Waals surface area contributed by atoms with E-state index in [-0.39, 0.29) is 11.6 Å². The van der Waals surface area contributed by atoms with Crippen LogP contribution in [-0.4, -0.2) is 15.2 Å². The summed E-state index contributed by atoms with van der Waals surface area (Å²) in [6, 6.07) is 12.6. The van der Waals surface area contributed by atoms with Crippen LogP contribution >= 0.6 is 15.9 Å². The van der Waals surface area contributed by atoms with Crippen molar-refractivity contribution in [2.75, 3.05) is 5.73 Å². The number of nitrogens with zero attached hydrogens (tertiary/aromatic N) is 2. The fourth-order valence-electron chi connectivity index (χ4n) is 1.98. The molecule has 0 aliphatic heterocycles. The van der Waals surface area contributed by atoms with Gasteiger partial charge in [-0.1, -0.05) is 39.3 Å². The molecule has 0 unspecified atom stereocenters. The van der Waals surface area contributed by atoms with Gasteiger partial charge in [-0.25, -0.2) is 0 Å². The van der Waals surface area contributed by atoms with Gasteiger partial charge in [0.25, 0.3) is 5.89 Å². The van der Waals surface area contributed by atoms with E-state index in [9.17, 15) is 5.11 Å². The molecular weight excluding hydrogens is 334 g/mol. The summed E-state index contributed by atoms with van der Waals surface area (Å²) in [5, 5.41) is 13.8. The van der Waals surface area contributed by atoms with E-state index in [0.717, 1.165) is 10.0 Å². The molecule has 0 saturated carbocycles. The van der Waals surface area contributed by atoms with Crippen molar-refractivity contribution in [3.05, 3.63) is 58.3 Å². The van der Waals surface area contributed by atoms with Gasteiger partial charge in [0.15, 0.2) is 5.82 Å². The summed E-state index contributed by atoms with van der Waals surface area (Å²) in [4.78, 5) is 4.31. The smallest absolute Gasteiger partial charge is 0.261 e. The van der Waals surface area contributed by atoms with E-state index >= 15 is 0 Å². The summed E-state index contributed by atoms with van der Waals surface area (Å²) in [6.45, 7) is 0. The number of rotatable bonds is 3. The van der Waals surface area contributed by atoms with Crippen LogP contribution in [0.5, 0.6) is 5.75 Å². The molecule has 0 aliphatic rings. The number of aromatic hydroxyl groups is 1. The van der Waals surface area contributed by atoms with E-state index in [4.69, 9.17) is 10.3 Å². The number of halogens is 1. The summed E-state index contributed by atoms with van der Waals surface area (Å²) in [5.41, 5.74) is 7.60. The van der Waals surface area contributed by atoms with Crippen LogP contribution in [0.25, 0.3) is 11.5 Å². The second kappa shape index (κ2) is 5.57. The maximum atomic E-state index is 9.87. The number of hydrogen-bond acceptors (Lipinski definition) is 5. The normalized spacial score (nSPS) is 10.7. The molecule has 0 atom stereocenters. The Hall–Kier alpha value is -2.34. The SMILES string of the molecule is Nc1ccc(-c2nc(Cc3ccccc3Br)no2)c(O)c1. The van der Waals surface area contributed by atoms with Crippen LogP contribution in [0, 0.1) is 0 Å². The summed E-state index contributed by atoms with van der Waals surface area (Å²) in [7, 11) is 0. The van der Waals surface area contributed by atoms with E-state index in [2.05, 4.69) is 26.1 Å². The Morgan fingerprint density at radius 3 is 2.76 bits per heavy atom. The van der Waals surface area contributed by atoms with Gasteiger partial charge in [0, 0.05) is 22.6 Å². The average molecular weight is 346 g/mol. The van der Waals surface area contributed by atoms with Gasteiger partial charge < -0.3 is 15.4 Å². The van der Waals surface area contributed by atoms with Crippen LogP contribution < -0.4 is 5.73 Å². The topological polar surface area (TPSA) is 85.2 Å². The molecule has 0 bridgehead atoms. The van der Waals surface area contributed by atoms with Crippen LogP contribution in [0.15, 0.2) is 51.5 Å². The number of benzene rings is 2. The zero-order valence-corrected chi connectivity index (χ0v) is 12.5. The van der Waals surface area contributed by atoms with Crippen molar-refractivity contribution in [2.45, 2.75) is 6.42 Å². The largest absolute Gasteiger partial charge is 0.507 e. The number of phenols is 1. The monoisotopic (exact) mass is 345 g/mol. The molecule has 5 nitrogen and oxygen atoms in total. The zero-order chi connectivity index (χ0) is 14.8. The predicted octanol–water partition coefficient (Wildman–Crippen LogP) is 3.38. The second-order valence-corrected chi connectivity index (χ2v) is 5.41. The van der Waals surface area contributed by atoms with E-state index in [0.29, 0.717) is 23.5 Å². The molecule has 1 aromatic heterocycles. The minimum atomic E-state index is 0.0195. The summed E-state index contributed by atoms with van der Waals surface area (Å²) < 4.78 is 6.20. The van der Waals surface area contributed by atoms with Gasteiger partial charge in [0.1, 0.15) is 5.75 Å². The van der Waals surface area contributed by atoms with Crippen molar-refractivity contribution in [3.63, 3.8) is 0 Å². The summed E-state index contributed by atoms with van der Waals surface area (Å²) >= 11 is 3.48. The van der Waals surface area contributed by atoms with Gasteiger partial charge in [-0.3, -0.25) is 0 Å². The second-order valence-electron chi connectivity index (χ2n) is 4.56. The van der Waals surface area contributed by atoms with Crippen molar-refractivity contribution >= 4 is 21.6 Å². The third-order valence-corrected chi connectivity index (χ3v) is 3.80. The van der Waals surface area contributed by atoms with E-state index < -0.39 is 0 Å². The van der Waals surface area contributed by atoms with Gasteiger partial charge in [0.05, 0.1) is 5.56 Å². The Balaban J connectivity index is 1.88. The first-order valence-corrected chi connectivity index (χ1v) is 7.07. The number of phenolic OH excluding ortho intramolecular Hbond substituents is 1. The molecule has 0 saturated heterocycles. The van der Waals surface area contributed by atoms with Crippen molar-refractivity contribution in [1.29, 1.82) is 0 Å². The lowest BCUT2D eigenvalue weighted by molar-refractivity contribution is 0.418. The van der Waals surface area contributed by atoms with Gasteiger partial charge in [-0.2, -0.15) is 4.98 Å². The van der Waals surface area contributed by atoms with E-state index in [1.165, 1.54) is 6.07 Å². The first kappa shape index (κ1) is 13.6. The molecule has 0 radical (unpaired) electrons. The van der Waals surface area contributed by atoms with Gasteiger partial charge in [0.2, 0.25) is 0 Å². The molecule has 1 heterocycles. The lowest BCUT2D eigenvalue weighted by Gasteiger charge is -2.00. The minimum Gasteiger partial charge on any atom is -0.507 e. The van der Waals surface area contributed by atoms with Gasteiger partial charge in [-0.05, 0) is 23.8 Å². The zero-order valence-electron chi connectivity index (χ0n) is 11.0. The highest BCUT2D eigenvalue weighted by Crippen LogP contribution is 2.30. The Morgan fingerprint density at radius 1 is 1.19 bits per heavy atom. The van der Waals surface area contributed by atoms with Crippen LogP contribution in [0.4, 0.5) is 5.69 Å². The molecule has 2 aromatic carbocycles. The van der Waals surface area contributed by atoms with Crippen LogP contribution in [0.2, 0.25) is 0 Å². The minimum absolute atomic E-state index is 0.0195. The molecular formula is C15H12BrN3O2. The molecule has 6 heteroatoms. The van der Waals surface area contributed by atoms with Crippen molar-refractivity contribution < 1.29 is 9.63 Å². The van der Waals surface area contributed by atoms with Gasteiger partial charge >= 0.3 is 0 Å². The number of aromatic nitrogens is 2. The first-order valence-electron chi connectivity index (χ1n) is 6.28. The quantitative estimate of drug-likeness (QED) is 0.710. The standard InChI is InChI=1S/C15H12BrN3O2/c16-12-4-2-1-3-9(12)7-14-18-15(21-19-14)11-6-5-10(17)8-13(11)20/h1-6,8,20H,7,17H2. The molecule has 3 rings (SSSR count). The van der Waals surface area contributed by atoms with Crippen LogP contribution in [0.3, 0.4) is 0 Å². The van der Waals surface area contributed by atoms with Crippen molar-refractivity contribution in [2.24, 2.45) is 0 Å². The predicted molar refractivity (Wildman–Crippen MR) is 82.8 cm³/mol. The highest BCUT2D eigenvalue weighted by molar-refractivity contribution is 9.10. The van der Waals surface area contributed by atoms with Crippen LogP contribution in [-0.2, 0) is 6.42 Å². The molecule has 3 N–H and O–H groups in total. The Morgan fingerprint density at radius 2 is 2.00 bits per heavy atom. The number of hydrogen-bond donors (Lipinski definition) is 2. The molecule has 3 aromatic rings. The molecule has 21 heavy (non-hydrogen) atoms. The number of nitrogens with two attached hydrogens (primary N) is 1. The molecule has 106 valence electrons. The molecule has 0 fully saturated rings. The summed E-state index contributed by atoms with van der Waals surface area (Å²) in [5.74, 6) is 0.841. The Labute approximate surface area is 129 Å². The Bertz CT molecular complexity index is 786. The van der Waals surface area contributed by atoms with Gasteiger partial charge in [-0.15, -0.1) is 0 Å².